The van der Waals surface area contributed by atoms with Crippen LogP contribution in [-0.4, -0.2) is 18.6 Å². The van der Waals surface area contributed by atoms with E-state index in [9.17, 15) is 0 Å². The molecule has 1 aromatic carbocycles. The van der Waals surface area contributed by atoms with Gasteiger partial charge >= 0.3 is 0 Å². The molecule has 2 rings (SSSR count). The molecule has 2 nitrogen and oxygen atoms in total. The summed E-state index contributed by atoms with van der Waals surface area (Å²) in [6.07, 6.45) is 1.09. The molecule has 0 spiro atoms. The first-order valence-electron chi connectivity index (χ1n) is 6.39. The van der Waals surface area contributed by atoms with Gasteiger partial charge in [0.2, 0.25) is 0 Å². The first kappa shape index (κ1) is 12.2. The summed E-state index contributed by atoms with van der Waals surface area (Å²) in [5, 5.41) is 4.61. The highest BCUT2D eigenvalue weighted by molar-refractivity contribution is 5.85. The van der Waals surface area contributed by atoms with Gasteiger partial charge in [-0.25, -0.2) is 0 Å². The number of likely N-dealkylation sites (N-methyl/N-ethyl adjacent to an activating group) is 1. The average molecular weight is 230 g/mol. The van der Waals surface area contributed by atoms with Crippen LogP contribution in [0.25, 0.3) is 10.9 Å². The third-order valence-corrected chi connectivity index (χ3v) is 3.44. The number of H-pyrrole nitrogens is 1. The molecule has 0 aliphatic rings. The number of hydrogen-bond donors (Lipinski definition) is 2. The Kier molecular flexibility index (Phi) is 3.53. The van der Waals surface area contributed by atoms with E-state index in [4.69, 9.17) is 0 Å². The highest BCUT2D eigenvalue weighted by Gasteiger charge is 2.09. The van der Waals surface area contributed by atoms with Crippen molar-refractivity contribution in [3.8, 4) is 0 Å². The Balaban J connectivity index is 2.49. The molecule has 0 aliphatic heterocycles. The van der Waals surface area contributed by atoms with E-state index in [0.717, 1.165) is 13.0 Å². The standard InChI is InChI=1S/C15H22N2/c1-10(2)12-5-6-15-14(9-12)13(7-8-16-4)11(3)17-15/h5-6,9-10,16-17H,7-8H2,1-4H3. The number of nitrogens with one attached hydrogen (secondary N) is 2. The second-order valence-corrected chi connectivity index (χ2v) is 5.04. The highest BCUT2D eigenvalue weighted by atomic mass is 14.8. The van der Waals surface area contributed by atoms with E-state index < -0.39 is 0 Å². The summed E-state index contributed by atoms with van der Waals surface area (Å²) < 4.78 is 0. The molecule has 1 heterocycles. The molecule has 0 radical (unpaired) electrons. The van der Waals surface area contributed by atoms with Gasteiger partial charge < -0.3 is 10.3 Å². The van der Waals surface area contributed by atoms with Crippen molar-refractivity contribution in [2.24, 2.45) is 0 Å². The van der Waals surface area contributed by atoms with E-state index in [1.807, 2.05) is 7.05 Å². The summed E-state index contributed by atoms with van der Waals surface area (Å²) in [6, 6.07) is 6.78. The lowest BCUT2D eigenvalue weighted by Gasteiger charge is -2.06. The number of aromatic amines is 1. The van der Waals surface area contributed by atoms with Crippen LogP contribution >= 0.6 is 0 Å². The van der Waals surface area contributed by atoms with Crippen molar-refractivity contribution in [1.29, 1.82) is 0 Å². The molecule has 0 saturated carbocycles. The molecular weight excluding hydrogens is 208 g/mol. The zero-order valence-electron chi connectivity index (χ0n) is 11.2. The molecule has 0 bridgehead atoms. The Morgan fingerprint density at radius 3 is 2.71 bits per heavy atom. The van der Waals surface area contributed by atoms with E-state index in [2.05, 4.69) is 49.3 Å². The van der Waals surface area contributed by atoms with Crippen molar-refractivity contribution >= 4 is 10.9 Å². The van der Waals surface area contributed by atoms with Gasteiger partial charge in [-0.2, -0.15) is 0 Å². The minimum Gasteiger partial charge on any atom is -0.358 e. The third kappa shape index (κ3) is 2.37. The Morgan fingerprint density at radius 1 is 1.29 bits per heavy atom. The van der Waals surface area contributed by atoms with Crippen LogP contribution in [0.5, 0.6) is 0 Å². The van der Waals surface area contributed by atoms with E-state index >= 15 is 0 Å². The molecule has 0 fully saturated rings. The van der Waals surface area contributed by atoms with Gasteiger partial charge in [0.05, 0.1) is 0 Å². The van der Waals surface area contributed by atoms with Gasteiger partial charge in [0.15, 0.2) is 0 Å². The first-order chi connectivity index (χ1) is 8.13. The lowest BCUT2D eigenvalue weighted by Crippen LogP contribution is -2.10. The lowest BCUT2D eigenvalue weighted by atomic mass is 9.99. The maximum atomic E-state index is 3.47. The summed E-state index contributed by atoms with van der Waals surface area (Å²) in [6.45, 7) is 7.68. The number of rotatable bonds is 4. The Bertz CT molecular complexity index is 509. The SMILES string of the molecule is CNCCc1c(C)[nH]c2ccc(C(C)C)cc12. The molecule has 0 amide bonds. The van der Waals surface area contributed by atoms with Crippen molar-refractivity contribution in [3.63, 3.8) is 0 Å². The van der Waals surface area contributed by atoms with Crippen molar-refractivity contribution in [1.82, 2.24) is 10.3 Å². The second-order valence-electron chi connectivity index (χ2n) is 5.04. The fourth-order valence-corrected chi connectivity index (χ4v) is 2.33. The van der Waals surface area contributed by atoms with Crippen LogP contribution in [0.4, 0.5) is 0 Å². The third-order valence-electron chi connectivity index (χ3n) is 3.44. The predicted molar refractivity (Wildman–Crippen MR) is 74.8 cm³/mol. The van der Waals surface area contributed by atoms with E-state index in [1.165, 1.54) is 27.7 Å². The van der Waals surface area contributed by atoms with Crippen LogP contribution in [0.15, 0.2) is 18.2 Å². The normalized spacial score (nSPS) is 11.6. The van der Waals surface area contributed by atoms with E-state index in [0.29, 0.717) is 5.92 Å². The quantitative estimate of drug-likeness (QED) is 0.828. The number of hydrogen-bond acceptors (Lipinski definition) is 1. The summed E-state index contributed by atoms with van der Waals surface area (Å²) in [5.74, 6) is 0.590. The fraction of sp³-hybridized carbons (Fsp3) is 0.467. The molecule has 2 N–H and O–H groups in total. The van der Waals surface area contributed by atoms with Gasteiger partial charge in [-0.05, 0) is 56.1 Å². The Hall–Kier alpha value is -1.28. The minimum absolute atomic E-state index is 0.590. The molecule has 0 atom stereocenters. The van der Waals surface area contributed by atoms with Crippen molar-refractivity contribution in [3.05, 3.63) is 35.0 Å². The van der Waals surface area contributed by atoms with Gasteiger partial charge in [0.25, 0.3) is 0 Å². The van der Waals surface area contributed by atoms with E-state index in [1.54, 1.807) is 0 Å². The molecule has 1 aromatic heterocycles. The molecule has 17 heavy (non-hydrogen) atoms. The van der Waals surface area contributed by atoms with Crippen LogP contribution in [0.1, 0.15) is 36.6 Å². The number of aromatic nitrogens is 1. The van der Waals surface area contributed by atoms with Gasteiger partial charge in [-0.15, -0.1) is 0 Å². The van der Waals surface area contributed by atoms with Crippen LogP contribution < -0.4 is 5.32 Å². The highest BCUT2D eigenvalue weighted by Crippen LogP contribution is 2.26. The van der Waals surface area contributed by atoms with Crippen LogP contribution in [0.2, 0.25) is 0 Å². The molecule has 2 heteroatoms. The van der Waals surface area contributed by atoms with Crippen LogP contribution in [-0.2, 0) is 6.42 Å². The smallest absolute Gasteiger partial charge is 0.0459 e. The summed E-state index contributed by atoms with van der Waals surface area (Å²) >= 11 is 0. The van der Waals surface area contributed by atoms with Gasteiger partial charge in [-0.3, -0.25) is 0 Å². The first-order valence-corrected chi connectivity index (χ1v) is 6.39. The summed E-state index contributed by atoms with van der Waals surface area (Å²) in [7, 11) is 2.00. The van der Waals surface area contributed by atoms with Gasteiger partial charge in [0.1, 0.15) is 0 Å². The minimum atomic E-state index is 0.590. The van der Waals surface area contributed by atoms with Crippen LogP contribution in [0.3, 0.4) is 0 Å². The number of aryl methyl sites for hydroxylation is 1. The monoisotopic (exact) mass is 230 g/mol. The lowest BCUT2D eigenvalue weighted by molar-refractivity contribution is 0.791. The molecule has 0 aliphatic carbocycles. The van der Waals surface area contributed by atoms with Crippen molar-refractivity contribution in [2.75, 3.05) is 13.6 Å². The molecular formula is C15H22N2. The molecule has 0 saturated heterocycles. The van der Waals surface area contributed by atoms with Gasteiger partial charge in [0, 0.05) is 16.6 Å². The maximum absolute atomic E-state index is 3.47. The largest absolute Gasteiger partial charge is 0.358 e. The zero-order chi connectivity index (χ0) is 12.4. The molecule has 2 aromatic rings. The molecule has 0 unspecified atom stereocenters. The fourth-order valence-electron chi connectivity index (χ4n) is 2.33. The second kappa shape index (κ2) is 4.92. The average Bonchev–Trinajstić information content (AvgIpc) is 2.61. The van der Waals surface area contributed by atoms with E-state index in [-0.39, 0.29) is 0 Å². The van der Waals surface area contributed by atoms with Gasteiger partial charge in [-0.1, -0.05) is 19.9 Å². The molecule has 92 valence electrons. The zero-order valence-corrected chi connectivity index (χ0v) is 11.2. The van der Waals surface area contributed by atoms with Crippen molar-refractivity contribution in [2.45, 2.75) is 33.1 Å². The topological polar surface area (TPSA) is 27.8 Å². The maximum Gasteiger partial charge on any atom is 0.0459 e. The van der Waals surface area contributed by atoms with Crippen LogP contribution in [0, 0.1) is 6.92 Å². The number of benzene rings is 1. The summed E-state index contributed by atoms with van der Waals surface area (Å²) in [4.78, 5) is 3.47. The number of fused-ring (bicyclic) bond motifs is 1. The Labute approximate surface area is 103 Å². The van der Waals surface area contributed by atoms with Crippen molar-refractivity contribution < 1.29 is 0 Å². The summed E-state index contributed by atoms with van der Waals surface area (Å²) in [5.41, 5.74) is 5.44. The predicted octanol–water partition coefficient (Wildman–Crippen LogP) is 3.36. The Morgan fingerprint density at radius 2 is 2.06 bits per heavy atom.